The molecular weight excluding hydrogens is 659 g/mol. The molecular formula is C42H35IN2. The highest BCUT2D eigenvalue weighted by Crippen LogP contribution is 2.31. The molecule has 2 heterocycles. The summed E-state index contributed by atoms with van der Waals surface area (Å²) in [5.74, 6) is 0. The van der Waals surface area contributed by atoms with Crippen molar-refractivity contribution >= 4 is 44.4 Å². The summed E-state index contributed by atoms with van der Waals surface area (Å²) >= 11 is 2.30. The van der Waals surface area contributed by atoms with E-state index in [0.717, 1.165) is 0 Å². The average Bonchev–Trinajstić information content (AvgIpc) is 3.70. The summed E-state index contributed by atoms with van der Waals surface area (Å²) in [6, 6.07) is 59.4. The molecule has 2 aromatic heterocycles. The van der Waals surface area contributed by atoms with Crippen LogP contribution < -0.4 is 0 Å². The van der Waals surface area contributed by atoms with Gasteiger partial charge in [-0.15, -0.1) is 0 Å². The zero-order valence-corrected chi connectivity index (χ0v) is 27.6. The molecule has 0 unspecified atom stereocenters. The first-order chi connectivity index (χ1) is 22.0. The summed E-state index contributed by atoms with van der Waals surface area (Å²) in [5, 5.41) is 2.53. The lowest BCUT2D eigenvalue weighted by atomic mass is 10.1. The second kappa shape index (κ2) is 14.3. The van der Waals surface area contributed by atoms with Crippen LogP contribution in [-0.2, 0) is 0 Å². The smallest absolute Gasteiger partial charge is 0.0540 e. The Balaban J connectivity index is 0.000000134. The minimum Gasteiger partial charge on any atom is -0.355 e. The van der Waals surface area contributed by atoms with Crippen LogP contribution in [0.15, 0.2) is 170 Å². The molecule has 0 amide bonds. The number of nitrogens with zero attached hydrogens (tertiary/aromatic N) is 1. The third-order valence-electron chi connectivity index (χ3n) is 7.70. The molecule has 0 spiro atoms. The zero-order valence-electron chi connectivity index (χ0n) is 25.5. The Bertz CT molecular complexity index is 2050. The molecule has 6 aromatic carbocycles. The fraction of sp³-hybridized carbons (Fsp3) is 0.0476. The maximum absolute atomic E-state index is 3.41. The molecule has 2 nitrogen and oxygen atoms in total. The fourth-order valence-corrected chi connectivity index (χ4v) is 5.69. The van der Waals surface area contributed by atoms with Gasteiger partial charge in [-0.05, 0) is 96.1 Å². The largest absolute Gasteiger partial charge is 0.355 e. The first-order valence-electron chi connectivity index (χ1n) is 15.1. The van der Waals surface area contributed by atoms with Gasteiger partial charge in [-0.1, -0.05) is 132 Å². The summed E-state index contributed by atoms with van der Waals surface area (Å²) in [4.78, 5) is 3.41. The number of rotatable bonds is 3. The number of aromatic amines is 1. The first kappa shape index (κ1) is 30.2. The Morgan fingerprint density at radius 1 is 0.489 bits per heavy atom. The number of para-hydroxylation sites is 2. The van der Waals surface area contributed by atoms with Crippen LogP contribution in [0.4, 0.5) is 0 Å². The number of aromatic nitrogens is 2. The lowest BCUT2D eigenvalue weighted by molar-refractivity contribution is 1.13. The van der Waals surface area contributed by atoms with Gasteiger partial charge in [0.25, 0.3) is 0 Å². The van der Waals surface area contributed by atoms with Crippen molar-refractivity contribution in [3.05, 3.63) is 185 Å². The van der Waals surface area contributed by atoms with Gasteiger partial charge < -0.3 is 9.55 Å². The van der Waals surface area contributed by atoms with E-state index in [2.05, 4.69) is 204 Å². The van der Waals surface area contributed by atoms with Crippen LogP contribution in [0, 0.1) is 17.4 Å². The molecule has 3 heteroatoms. The Labute approximate surface area is 279 Å². The molecule has 1 N–H and O–H groups in total. The molecule has 0 aliphatic heterocycles. The van der Waals surface area contributed by atoms with Gasteiger partial charge in [-0.25, -0.2) is 0 Å². The van der Waals surface area contributed by atoms with Crippen molar-refractivity contribution in [2.75, 3.05) is 0 Å². The van der Waals surface area contributed by atoms with Crippen LogP contribution in [-0.4, -0.2) is 9.55 Å². The van der Waals surface area contributed by atoms with Gasteiger partial charge in [0.1, 0.15) is 0 Å². The monoisotopic (exact) mass is 694 g/mol. The summed E-state index contributed by atoms with van der Waals surface area (Å²) in [6.07, 6.45) is 0. The van der Waals surface area contributed by atoms with E-state index in [1.165, 1.54) is 64.7 Å². The summed E-state index contributed by atoms with van der Waals surface area (Å²) < 4.78 is 3.64. The predicted octanol–water partition coefficient (Wildman–Crippen LogP) is 12.0. The molecule has 0 atom stereocenters. The number of aryl methyl sites for hydroxylation is 2. The third kappa shape index (κ3) is 7.44. The van der Waals surface area contributed by atoms with Gasteiger partial charge in [-0.3, -0.25) is 0 Å². The highest BCUT2D eigenvalue weighted by atomic mass is 127. The van der Waals surface area contributed by atoms with Crippen molar-refractivity contribution in [2.24, 2.45) is 0 Å². The minimum absolute atomic E-state index is 1.18. The summed E-state index contributed by atoms with van der Waals surface area (Å²) in [5.41, 5.74) is 11.1. The first-order valence-corrected chi connectivity index (χ1v) is 16.2. The molecule has 45 heavy (non-hydrogen) atoms. The normalized spacial score (nSPS) is 10.6. The van der Waals surface area contributed by atoms with E-state index in [-0.39, 0.29) is 0 Å². The van der Waals surface area contributed by atoms with E-state index < -0.39 is 0 Å². The number of hydrogen-bond acceptors (Lipinski definition) is 0. The number of H-pyrrole nitrogens is 1. The van der Waals surface area contributed by atoms with Gasteiger partial charge in [0.15, 0.2) is 0 Å². The van der Waals surface area contributed by atoms with Crippen molar-refractivity contribution in [2.45, 2.75) is 13.8 Å². The van der Waals surface area contributed by atoms with E-state index >= 15 is 0 Å². The zero-order chi connectivity index (χ0) is 31.0. The SMILES string of the molecule is Cc1ccc(-n2c(-c3ccccc3)cc3ccccc32)cc1.Cc1ccc(I)cc1.c1ccc(-c2cc3ccccc3[nH]2)cc1. The van der Waals surface area contributed by atoms with Gasteiger partial charge in [-0.2, -0.15) is 0 Å². The topological polar surface area (TPSA) is 20.7 Å². The van der Waals surface area contributed by atoms with Crippen molar-refractivity contribution < 1.29 is 0 Å². The maximum Gasteiger partial charge on any atom is 0.0540 e. The molecule has 0 radical (unpaired) electrons. The van der Waals surface area contributed by atoms with Crippen LogP contribution in [0.1, 0.15) is 11.1 Å². The summed E-state index contributed by atoms with van der Waals surface area (Å²) in [7, 11) is 0. The molecule has 8 aromatic rings. The van der Waals surface area contributed by atoms with Crippen molar-refractivity contribution in [1.29, 1.82) is 0 Å². The summed E-state index contributed by atoms with van der Waals surface area (Å²) in [6.45, 7) is 4.21. The van der Waals surface area contributed by atoms with Crippen molar-refractivity contribution in [3.63, 3.8) is 0 Å². The Kier molecular flexibility index (Phi) is 9.57. The molecule has 0 aliphatic carbocycles. The standard InChI is InChI=1S/C21H17N.C14H11N.C7H7I/c1-16-11-13-19(14-12-16)22-20-10-6-5-9-18(20)15-21(22)17-7-3-2-4-8-17;1-2-6-11(7-3-1)14-10-12-8-4-5-9-13(12)15-14;1-6-2-4-7(8)5-3-6/h2-15H,1H3;1-10,15H;2-5H,1H3. The molecule has 0 bridgehead atoms. The van der Waals surface area contributed by atoms with E-state index in [0.29, 0.717) is 0 Å². The van der Waals surface area contributed by atoms with E-state index in [1.54, 1.807) is 0 Å². The molecule has 0 aliphatic rings. The number of halogens is 1. The highest BCUT2D eigenvalue weighted by Gasteiger charge is 2.11. The van der Waals surface area contributed by atoms with Crippen LogP contribution in [0.25, 0.3) is 50.0 Å². The van der Waals surface area contributed by atoms with Gasteiger partial charge in [0.2, 0.25) is 0 Å². The van der Waals surface area contributed by atoms with E-state index in [4.69, 9.17) is 0 Å². The minimum atomic E-state index is 1.18. The number of nitrogens with one attached hydrogen (secondary N) is 1. The van der Waals surface area contributed by atoms with E-state index in [9.17, 15) is 0 Å². The Morgan fingerprint density at radius 3 is 1.64 bits per heavy atom. The maximum atomic E-state index is 3.41. The quantitative estimate of drug-likeness (QED) is 0.178. The molecule has 8 rings (SSSR count). The van der Waals surface area contributed by atoms with Crippen LogP contribution in [0.5, 0.6) is 0 Å². The second-order valence-electron chi connectivity index (χ2n) is 11.1. The lowest BCUT2D eigenvalue weighted by Gasteiger charge is -2.11. The number of fused-ring (bicyclic) bond motifs is 2. The van der Waals surface area contributed by atoms with Crippen molar-refractivity contribution in [3.8, 4) is 28.2 Å². The van der Waals surface area contributed by atoms with Gasteiger partial charge in [0, 0.05) is 31.2 Å². The van der Waals surface area contributed by atoms with Crippen molar-refractivity contribution in [1.82, 2.24) is 9.55 Å². The predicted molar refractivity (Wildman–Crippen MR) is 201 cm³/mol. The van der Waals surface area contributed by atoms with Gasteiger partial charge >= 0.3 is 0 Å². The van der Waals surface area contributed by atoms with E-state index in [1.807, 2.05) is 12.1 Å². The Morgan fingerprint density at radius 2 is 1.02 bits per heavy atom. The lowest BCUT2D eigenvalue weighted by Crippen LogP contribution is -1.96. The Hall–Kier alpha value is -4.87. The molecule has 0 saturated carbocycles. The number of hydrogen-bond donors (Lipinski definition) is 1. The van der Waals surface area contributed by atoms with Gasteiger partial charge in [0.05, 0.1) is 11.2 Å². The molecule has 220 valence electrons. The van der Waals surface area contributed by atoms with Crippen LogP contribution >= 0.6 is 22.6 Å². The molecule has 0 saturated heterocycles. The second-order valence-corrected chi connectivity index (χ2v) is 12.3. The highest BCUT2D eigenvalue weighted by molar-refractivity contribution is 14.1. The third-order valence-corrected chi connectivity index (χ3v) is 8.42. The average molecular weight is 695 g/mol. The fourth-order valence-electron chi connectivity index (χ4n) is 5.33. The van der Waals surface area contributed by atoms with Crippen LogP contribution in [0.3, 0.4) is 0 Å². The molecule has 0 fully saturated rings. The van der Waals surface area contributed by atoms with Crippen LogP contribution in [0.2, 0.25) is 0 Å². The number of benzene rings is 6.